The molecule has 0 fully saturated rings. The lowest BCUT2D eigenvalue weighted by Crippen LogP contribution is -2.42. The molecule has 3 nitrogen and oxygen atoms in total. The monoisotopic (exact) mass is 330 g/mol. The molecule has 1 aromatic carbocycles. The van der Waals surface area contributed by atoms with Crippen molar-refractivity contribution in [3.63, 3.8) is 0 Å². The molecule has 1 rings (SSSR count). The number of halogens is 1. The van der Waals surface area contributed by atoms with Crippen molar-refractivity contribution in [3.05, 3.63) is 35.9 Å². The summed E-state index contributed by atoms with van der Waals surface area (Å²) in [5.41, 5.74) is 6.76. The van der Waals surface area contributed by atoms with Crippen LogP contribution in [-0.2, 0) is 4.79 Å². The lowest BCUT2D eigenvalue weighted by Gasteiger charge is -2.30. The minimum atomic E-state index is -0.260. The Morgan fingerprint density at radius 1 is 1.29 bits per heavy atom. The number of nitrogens with one attached hydrogen (secondary N) is 1. The molecule has 21 heavy (non-hydrogen) atoms. The van der Waals surface area contributed by atoms with E-state index in [9.17, 15) is 4.79 Å². The van der Waals surface area contributed by atoms with E-state index in [0.717, 1.165) is 18.4 Å². The van der Waals surface area contributed by atoms with E-state index in [1.54, 1.807) is 0 Å². The van der Waals surface area contributed by atoms with Crippen molar-refractivity contribution in [1.82, 2.24) is 5.32 Å². The Balaban J connectivity index is 0.00000400. The van der Waals surface area contributed by atoms with E-state index in [-0.39, 0.29) is 29.0 Å². The number of benzene rings is 1. The number of nitrogens with two attached hydrogens (primary N) is 1. The van der Waals surface area contributed by atoms with E-state index in [4.69, 9.17) is 5.73 Å². The molecule has 120 valence electrons. The van der Waals surface area contributed by atoms with Crippen LogP contribution in [0.1, 0.15) is 38.2 Å². The number of rotatable bonds is 8. The van der Waals surface area contributed by atoms with E-state index in [0.29, 0.717) is 13.1 Å². The van der Waals surface area contributed by atoms with Crippen LogP contribution in [0.25, 0.3) is 0 Å². The van der Waals surface area contributed by atoms with Crippen LogP contribution < -0.4 is 11.1 Å². The van der Waals surface area contributed by atoms with Crippen molar-refractivity contribution in [2.45, 2.75) is 37.4 Å². The zero-order valence-electron chi connectivity index (χ0n) is 13.1. The van der Waals surface area contributed by atoms with Gasteiger partial charge < -0.3 is 11.1 Å². The highest BCUT2D eigenvalue weighted by Gasteiger charge is 2.27. The molecule has 1 unspecified atom stereocenters. The molecule has 0 radical (unpaired) electrons. The predicted octanol–water partition coefficient (Wildman–Crippen LogP) is 3.19. The number of amides is 1. The minimum absolute atomic E-state index is 0. The van der Waals surface area contributed by atoms with Gasteiger partial charge in [0.2, 0.25) is 5.91 Å². The highest BCUT2D eigenvalue weighted by atomic mass is 35.5. The van der Waals surface area contributed by atoms with Crippen LogP contribution in [0.3, 0.4) is 0 Å². The topological polar surface area (TPSA) is 55.1 Å². The zero-order chi connectivity index (χ0) is 15.0. The summed E-state index contributed by atoms with van der Waals surface area (Å²) in [6, 6.07) is 9.74. The van der Waals surface area contributed by atoms with E-state index >= 15 is 0 Å². The summed E-state index contributed by atoms with van der Waals surface area (Å²) in [5, 5.41) is 3.09. The van der Waals surface area contributed by atoms with Gasteiger partial charge in [-0.05, 0) is 24.7 Å². The molecule has 0 heterocycles. The quantitative estimate of drug-likeness (QED) is 0.769. The normalized spacial score (nSPS) is 12.4. The van der Waals surface area contributed by atoms with Gasteiger partial charge in [-0.25, -0.2) is 0 Å². The first-order valence-corrected chi connectivity index (χ1v) is 8.42. The second-order valence-electron chi connectivity index (χ2n) is 5.01. The molecular formula is C16H27ClN2OS. The zero-order valence-corrected chi connectivity index (χ0v) is 14.7. The van der Waals surface area contributed by atoms with Gasteiger partial charge in [-0.3, -0.25) is 4.79 Å². The number of carbonyl (C=O) groups excluding carboxylic acids is 1. The van der Waals surface area contributed by atoms with Crippen LogP contribution in [-0.4, -0.2) is 30.0 Å². The molecule has 1 atom stereocenters. The van der Waals surface area contributed by atoms with Crippen LogP contribution in [0.5, 0.6) is 0 Å². The SMILES string of the molecule is CCC(CC)(CNC(=O)C(CN)c1ccccc1)SC.Cl. The van der Waals surface area contributed by atoms with Crippen molar-refractivity contribution in [1.29, 1.82) is 0 Å². The molecule has 0 aromatic heterocycles. The molecular weight excluding hydrogens is 304 g/mol. The summed E-state index contributed by atoms with van der Waals surface area (Å²) in [6.07, 6.45) is 4.20. The fraction of sp³-hybridized carbons (Fsp3) is 0.562. The molecule has 0 bridgehead atoms. The van der Waals surface area contributed by atoms with Crippen LogP contribution in [0, 0.1) is 0 Å². The first-order chi connectivity index (χ1) is 9.62. The molecule has 1 amide bonds. The molecule has 0 aliphatic carbocycles. The largest absolute Gasteiger partial charge is 0.354 e. The van der Waals surface area contributed by atoms with Gasteiger partial charge in [-0.15, -0.1) is 12.4 Å². The van der Waals surface area contributed by atoms with Gasteiger partial charge in [0, 0.05) is 17.8 Å². The maximum atomic E-state index is 12.4. The Labute approximate surface area is 138 Å². The Morgan fingerprint density at radius 2 is 1.86 bits per heavy atom. The highest BCUT2D eigenvalue weighted by Crippen LogP contribution is 2.29. The summed E-state index contributed by atoms with van der Waals surface area (Å²) < 4.78 is 0.130. The van der Waals surface area contributed by atoms with Gasteiger partial charge >= 0.3 is 0 Å². The maximum Gasteiger partial charge on any atom is 0.228 e. The van der Waals surface area contributed by atoms with E-state index in [1.165, 1.54) is 0 Å². The molecule has 0 saturated heterocycles. The van der Waals surface area contributed by atoms with Gasteiger partial charge in [-0.1, -0.05) is 44.2 Å². The molecule has 0 aliphatic heterocycles. The third-order valence-corrected chi connectivity index (χ3v) is 5.65. The molecule has 3 N–H and O–H groups in total. The molecule has 0 saturated carbocycles. The Bertz CT molecular complexity index is 402. The third-order valence-electron chi connectivity index (χ3n) is 4.06. The fourth-order valence-electron chi connectivity index (χ4n) is 2.31. The molecule has 5 heteroatoms. The van der Waals surface area contributed by atoms with Gasteiger partial charge in [0.1, 0.15) is 0 Å². The Kier molecular flexibility index (Phi) is 9.75. The molecule has 0 spiro atoms. The van der Waals surface area contributed by atoms with Crippen LogP contribution >= 0.6 is 24.2 Å². The van der Waals surface area contributed by atoms with Gasteiger partial charge in [-0.2, -0.15) is 11.8 Å². The molecule has 1 aromatic rings. The van der Waals surface area contributed by atoms with Gasteiger partial charge in [0.05, 0.1) is 5.92 Å². The Hall–Kier alpha value is -0.710. The minimum Gasteiger partial charge on any atom is -0.354 e. The summed E-state index contributed by atoms with van der Waals surface area (Å²) in [5.74, 6) is -0.233. The number of hydrogen-bond acceptors (Lipinski definition) is 3. The third kappa shape index (κ3) is 5.53. The lowest BCUT2D eigenvalue weighted by molar-refractivity contribution is -0.122. The van der Waals surface area contributed by atoms with Crippen molar-refractivity contribution >= 4 is 30.1 Å². The molecule has 0 aliphatic rings. The second-order valence-corrected chi connectivity index (χ2v) is 6.29. The number of carbonyl (C=O) groups is 1. The summed E-state index contributed by atoms with van der Waals surface area (Å²) in [6.45, 7) is 5.37. The first-order valence-electron chi connectivity index (χ1n) is 7.20. The predicted molar refractivity (Wildman–Crippen MR) is 95.3 cm³/mol. The van der Waals surface area contributed by atoms with Gasteiger partial charge in [0.15, 0.2) is 0 Å². The van der Waals surface area contributed by atoms with Gasteiger partial charge in [0.25, 0.3) is 0 Å². The van der Waals surface area contributed by atoms with Crippen molar-refractivity contribution < 1.29 is 4.79 Å². The fourth-order valence-corrected chi connectivity index (χ4v) is 3.11. The summed E-state index contributed by atoms with van der Waals surface area (Å²) in [4.78, 5) is 12.4. The Morgan fingerprint density at radius 3 is 2.29 bits per heavy atom. The van der Waals surface area contributed by atoms with Crippen molar-refractivity contribution in [2.24, 2.45) is 5.73 Å². The highest BCUT2D eigenvalue weighted by molar-refractivity contribution is 8.00. The maximum absolute atomic E-state index is 12.4. The van der Waals surface area contributed by atoms with Crippen molar-refractivity contribution in [3.8, 4) is 0 Å². The van der Waals surface area contributed by atoms with Crippen LogP contribution in [0.2, 0.25) is 0 Å². The lowest BCUT2D eigenvalue weighted by atomic mass is 9.97. The summed E-state index contributed by atoms with van der Waals surface area (Å²) >= 11 is 1.83. The first kappa shape index (κ1) is 20.3. The summed E-state index contributed by atoms with van der Waals surface area (Å²) in [7, 11) is 0. The standard InChI is InChI=1S/C16H26N2OS.ClH/c1-4-16(5-2,20-3)12-18-15(19)14(11-17)13-9-7-6-8-10-13;/h6-10,14H,4-5,11-12,17H2,1-3H3,(H,18,19);1H. The number of thioether (sulfide) groups is 1. The van der Waals surface area contributed by atoms with Crippen molar-refractivity contribution in [2.75, 3.05) is 19.3 Å². The van der Waals surface area contributed by atoms with Crippen LogP contribution in [0.15, 0.2) is 30.3 Å². The van der Waals surface area contributed by atoms with Crippen LogP contribution in [0.4, 0.5) is 0 Å². The van der Waals surface area contributed by atoms with E-state index in [1.807, 2.05) is 42.1 Å². The van der Waals surface area contributed by atoms with E-state index < -0.39 is 0 Å². The second kappa shape index (κ2) is 10.1. The average molecular weight is 331 g/mol. The average Bonchev–Trinajstić information content (AvgIpc) is 2.51. The smallest absolute Gasteiger partial charge is 0.228 e. The number of hydrogen-bond donors (Lipinski definition) is 2. The van der Waals surface area contributed by atoms with E-state index in [2.05, 4.69) is 25.4 Å².